The van der Waals surface area contributed by atoms with Gasteiger partial charge in [0.25, 0.3) is 0 Å². The second-order valence-electron chi connectivity index (χ2n) is 3.39. The predicted octanol–water partition coefficient (Wildman–Crippen LogP) is 1.96. The monoisotopic (exact) mass is 216 g/mol. The molecule has 0 spiro atoms. The van der Waals surface area contributed by atoms with Crippen LogP contribution in [-0.2, 0) is 11.2 Å². The van der Waals surface area contributed by atoms with E-state index in [1.54, 1.807) is 12.7 Å². The van der Waals surface area contributed by atoms with Crippen LogP contribution in [0.4, 0.5) is 4.39 Å². The molecule has 0 heterocycles. The normalized spacial score (nSPS) is 15.1. The van der Waals surface area contributed by atoms with Crippen LogP contribution in [0.5, 0.6) is 0 Å². The minimum atomic E-state index is -2.44. The van der Waals surface area contributed by atoms with Gasteiger partial charge in [0, 0.05) is 11.5 Å². The molecule has 0 aliphatic rings. The first-order chi connectivity index (χ1) is 6.49. The minimum absolute atomic E-state index is 0.228. The van der Waals surface area contributed by atoms with E-state index in [0.717, 1.165) is 0 Å². The minimum Gasteiger partial charge on any atom is -0.392 e. The molecule has 0 aromatic heterocycles. The molecule has 0 bridgehead atoms. The quantitative estimate of drug-likeness (QED) is 0.784. The molecule has 0 fully saturated rings. The lowest BCUT2D eigenvalue weighted by Gasteiger charge is -2.11. The summed E-state index contributed by atoms with van der Waals surface area (Å²) in [6.07, 6.45) is 0.501. The Kier molecular flexibility index (Phi) is 3.46. The summed E-state index contributed by atoms with van der Waals surface area (Å²) in [7, 11) is -2.44. The summed E-state index contributed by atoms with van der Waals surface area (Å²) in [6, 6.07) is 4.13. The third-order valence-corrected chi connectivity index (χ3v) is 4.83. The van der Waals surface area contributed by atoms with E-state index < -0.39 is 13.0 Å². The van der Waals surface area contributed by atoms with E-state index in [-0.39, 0.29) is 6.61 Å². The maximum atomic E-state index is 13.0. The number of aliphatic hydroxyl groups excluding tert-OH is 1. The van der Waals surface area contributed by atoms with Gasteiger partial charge in [-0.05, 0) is 30.4 Å². The smallest absolute Gasteiger partial charge is 0.124 e. The maximum absolute atomic E-state index is 13.0. The fraction of sp³-hybridized carbons (Fsp3) is 0.400. The van der Waals surface area contributed by atoms with Crippen LogP contribution in [0.15, 0.2) is 18.2 Å². The molecule has 1 N–H and O–H groups in total. The predicted molar refractivity (Wildman–Crippen MR) is 56.0 cm³/mol. The summed E-state index contributed by atoms with van der Waals surface area (Å²) in [4.78, 5) is 0. The Hall–Kier alpha value is -0.660. The Bertz CT molecular complexity index is 376. The standard InChI is InChI=1S/C10H14FO2P/c1-3-14(2,13)10-5-8(7-12)4-9(11)6-10/h4-6,12H,3,7H2,1-2H3. The van der Waals surface area contributed by atoms with E-state index in [2.05, 4.69) is 0 Å². The average Bonchev–Trinajstić information content (AvgIpc) is 2.16. The highest BCUT2D eigenvalue weighted by Gasteiger charge is 2.16. The Balaban J connectivity index is 3.22. The molecular formula is C10H14FO2P. The molecule has 0 amide bonds. The number of hydrogen-bond donors (Lipinski definition) is 1. The van der Waals surface area contributed by atoms with Crippen LogP contribution in [0.25, 0.3) is 0 Å². The molecule has 0 saturated heterocycles. The van der Waals surface area contributed by atoms with Gasteiger partial charge >= 0.3 is 0 Å². The van der Waals surface area contributed by atoms with Gasteiger partial charge in [0.1, 0.15) is 13.0 Å². The number of aliphatic hydroxyl groups is 1. The van der Waals surface area contributed by atoms with Crippen LogP contribution in [0.3, 0.4) is 0 Å². The largest absolute Gasteiger partial charge is 0.392 e. The van der Waals surface area contributed by atoms with Crippen molar-refractivity contribution in [3.05, 3.63) is 29.6 Å². The van der Waals surface area contributed by atoms with Gasteiger partial charge in [-0.2, -0.15) is 0 Å². The zero-order valence-corrected chi connectivity index (χ0v) is 9.22. The van der Waals surface area contributed by atoms with Crippen LogP contribution >= 0.6 is 7.14 Å². The molecule has 78 valence electrons. The Morgan fingerprint density at radius 1 is 1.43 bits per heavy atom. The number of rotatable bonds is 3. The summed E-state index contributed by atoms with van der Waals surface area (Å²) in [6.45, 7) is 3.21. The highest BCUT2D eigenvalue weighted by Crippen LogP contribution is 2.39. The van der Waals surface area contributed by atoms with Crippen molar-refractivity contribution in [2.75, 3.05) is 12.8 Å². The summed E-state index contributed by atoms with van der Waals surface area (Å²) in [5.74, 6) is -0.443. The first-order valence-corrected chi connectivity index (χ1v) is 6.81. The molecule has 1 aromatic carbocycles. The van der Waals surface area contributed by atoms with Gasteiger partial charge in [0.2, 0.25) is 0 Å². The van der Waals surface area contributed by atoms with Crippen molar-refractivity contribution in [1.29, 1.82) is 0 Å². The van der Waals surface area contributed by atoms with Crippen molar-refractivity contribution in [3.8, 4) is 0 Å². The van der Waals surface area contributed by atoms with Crippen molar-refractivity contribution in [2.24, 2.45) is 0 Å². The third-order valence-electron chi connectivity index (χ3n) is 2.27. The van der Waals surface area contributed by atoms with E-state index >= 15 is 0 Å². The van der Waals surface area contributed by atoms with E-state index in [4.69, 9.17) is 5.11 Å². The van der Waals surface area contributed by atoms with Crippen molar-refractivity contribution >= 4 is 12.4 Å². The van der Waals surface area contributed by atoms with Crippen LogP contribution in [0, 0.1) is 5.82 Å². The SMILES string of the molecule is CCP(C)(=O)c1cc(F)cc(CO)c1. The molecule has 0 aliphatic carbocycles. The second kappa shape index (κ2) is 4.24. The Labute approximate surface area is 83.1 Å². The highest BCUT2D eigenvalue weighted by atomic mass is 31.2. The van der Waals surface area contributed by atoms with Gasteiger partial charge in [-0.1, -0.05) is 6.92 Å². The van der Waals surface area contributed by atoms with Crippen LogP contribution < -0.4 is 5.30 Å². The molecule has 4 heteroatoms. The lowest BCUT2D eigenvalue weighted by Crippen LogP contribution is -2.08. The summed E-state index contributed by atoms with van der Waals surface area (Å²) >= 11 is 0. The molecule has 2 nitrogen and oxygen atoms in total. The lowest BCUT2D eigenvalue weighted by molar-refractivity contribution is 0.281. The van der Waals surface area contributed by atoms with Gasteiger partial charge in [0.15, 0.2) is 0 Å². The Morgan fingerprint density at radius 3 is 2.57 bits per heavy atom. The lowest BCUT2D eigenvalue weighted by atomic mass is 10.2. The van der Waals surface area contributed by atoms with E-state index in [0.29, 0.717) is 17.0 Å². The molecule has 1 rings (SSSR count). The van der Waals surface area contributed by atoms with E-state index in [1.807, 2.05) is 6.92 Å². The highest BCUT2D eigenvalue weighted by molar-refractivity contribution is 7.70. The van der Waals surface area contributed by atoms with Crippen molar-refractivity contribution in [2.45, 2.75) is 13.5 Å². The average molecular weight is 216 g/mol. The molecule has 1 aromatic rings. The molecule has 0 saturated carbocycles. The van der Waals surface area contributed by atoms with Gasteiger partial charge in [-0.15, -0.1) is 0 Å². The summed E-state index contributed by atoms with van der Waals surface area (Å²) < 4.78 is 25.0. The summed E-state index contributed by atoms with van der Waals surface area (Å²) in [5, 5.41) is 9.37. The van der Waals surface area contributed by atoms with Gasteiger partial charge < -0.3 is 9.67 Å². The van der Waals surface area contributed by atoms with Crippen molar-refractivity contribution < 1.29 is 14.1 Å². The molecular weight excluding hydrogens is 202 g/mol. The molecule has 0 aliphatic heterocycles. The molecule has 14 heavy (non-hydrogen) atoms. The van der Waals surface area contributed by atoms with Crippen molar-refractivity contribution in [3.63, 3.8) is 0 Å². The second-order valence-corrected chi connectivity index (χ2v) is 6.74. The number of halogens is 1. The molecule has 1 unspecified atom stereocenters. The van der Waals surface area contributed by atoms with E-state index in [9.17, 15) is 8.96 Å². The Morgan fingerprint density at radius 2 is 2.07 bits per heavy atom. The van der Waals surface area contributed by atoms with Gasteiger partial charge in [0.05, 0.1) is 6.61 Å². The number of hydrogen-bond acceptors (Lipinski definition) is 2. The third kappa shape index (κ3) is 2.43. The van der Waals surface area contributed by atoms with Gasteiger partial charge in [-0.3, -0.25) is 0 Å². The van der Waals surface area contributed by atoms with E-state index in [1.165, 1.54) is 12.1 Å². The fourth-order valence-electron chi connectivity index (χ4n) is 1.18. The van der Waals surface area contributed by atoms with Crippen LogP contribution in [0.2, 0.25) is 0 Å². The van der Waals surface area contributed by atoms with Crippen LogP contribution in [0.1, 0.15) is 12.5 Å². The maximum Gasteiger partial charge on any atom is 0.124 e. The fourth-order valence-corrected chi connectivity index (χ4v) is 2.38. The van der Waals surface area contributed by atoms with Gasteiger partial charge in [-0.25, -0.2) is 4.39 Å². The molecule has 0 radical (unpaired) electrons. The first kappa shape index (κ1) is 11.4. The molecule has 1 atom stereocenters. The zero-order valence-electron chi connectivity index (χ0n) is 8.33. The zero-order chi connectivity index (χ0) is 10.8. The van der Waals surface area contributed by atoms with Crippen LogP contribution in [-0.4, -0.2) is 17.9 Å². The number of benzene rings is 1. The summed E-state index contributed by atoms with van der Waals surface area (Å²) in [5.41, 5.74) is 0.468. The first-order valence-electron chi connectivity index (χ1n) is 4.47. The topological polar surface area (TPSA) is 37.3 Å². The van der Waals surface area contributed by atoms with Crippen molar-refractivity contribution in [1.82, 2.24) is 0 Å².